The Bertz CT molecular complexity index is 399. The number of fused-ring (bicyclic) bond motifs is 1. The largest absolute Gasteiger partial charge is 0.490 e. The minimum Gasteiger partial charge on any atom is -0.490 e. The number of ether oxygens (including phenoxy) is 2. The van der Waals surface area contributed by atoms with E-state index in [1.54, 1.807) is 0 Å². The molecule has 2 heterocycles. The van der Waals surface area contributed by atoms with Crippen LogP contribution in [0.25, 0.3) is 0 Å². The fourth-order valence-corrected chi connectivity index (χ4v) is 2.58. The fourth-order valence-electron chi connectivity index (χ4n) is 2.58. The van der Waals surface area contributed by atoms with Crippen LogP contribution in [-0.2, 0) is 6.42 Å². The van der Waals surface area contributed by atoms with Crippen LogP contribution in [0.15, 0.2) is 18.2 Å². The Morgan fingerprint density at radius 2 is 2.12 bits per heavy atom. The summed E-state index contributed by atoms with van der Waals surface area (Å²) in [6.07, 6.45) is 3.88. The normalized spacial score (nSPS) is 24.2. The van der Waals surface area contributed by atoms with Gasteiger partial charge in [-0.25, -0.2) is 0 Å². The molecule has 1 fully saturated rings. The van der Waals surface area contributed by atoms with Crippen molar-refractivity contribution in [3.8, 4) is 11.5 Å². The van der Waals surface area contributed by atoms with Crippen LogP contribution >= 0.6 is 0 Å². The van der Waals surface area contributed by atoms with E-state index >= 15 is 0 Å². The minimum absolute atomic E-state index is 0.305. The molecule has 1 atom stereocenters. The van der Waals surface area contributed by atoms with Crippen molar-refractivity contribution in [2.75, 3.05) is 13.1 Å². The molecule has 3 heteroatoms. The van der Waals surface area contributed by atoms with Crippen molar-refractivity contribution in [2.24, 2.45) is 0 Å². The van der Waals surface area contributed by atoms with Gasteiger partial charge in [0.2, 0.25) is 0 Å². The van der Waals surface area contributed by atoms with Crippen molar-refractivity contribution < 1.29 is 9.47 Å². The lowest BCUT2D eigenvalue weighted by Gasteiger charge is -2.24. The van der Waals surface area contributed by atoms with Gasteiger partial charge in [0.25, 0.3) is 0 Å². The Labute approximate surface area is 102 Å². The summed E-state index contributed by atoms with van der Waals surface area (Å²) in [5, 5.41) is 3.35. The maximum Gasteiger partial charge on any atom is 0.123 e. The molecule has 2 aliphatic heterocycles. The van der Waals surface area contributed by atoms with Gasteiger partial charge < -0.3 is 14.8 Å². The monoisotopic (exact) mass is 233 g/mol. The first kappa shape index (κ1) is 10.9. The van der Waals surface area contributed by atoms with Crippen molar-refractivity contribution >= 4 is 0 Å². The summed E-state index contributed by atoms with van der Waals surface area (Å²) < 4.78 is 11.7. The van der Waals surface area contributed by atoms with Crippen LogP contribution in [0.1, 0.15) is 25.3 Å². The number of piperidine rings is 1. The zero-order valence-electron chi connectivity index (χ0n) is 10.2. The van der Waals surface area contributed by atoms with Crippen molar-refractivity contribution in [3.05, 3.63) is 23.8 Å². The van der Waals surface area contributed by atoms with Gasteiger partial charge in [0.05, 0.1) is 0 Å². The topological polar surface area (TPSA) is 30.5 Å². The second kappa shape index (κ2) is 4.57. The molecule has 92 valence electrons. The summed E-state index contributed by atoms with van der Waals surface area (Å²) in [6, 6.07) is 6.20. The van der Waals surface area contributed by atoms with Gasteiger partial charge in [-0.1, -0.05) is 0 Å². The highest BCUT2D eigenvalue weighted by Crippen LogP contribution is 2.32. The van der Waals surface area contributed by atoms with Crippen LogP contribution in [0.3, 0.4) is 0 Å². The van der Waals surface area contributed by atoms with Crippen molar-refractivity contribution in [1.29, 1.82) is 0 Å². The van der Waals surface area contributed by atoms with Crippen LogP contribution in [0.2, 0.25) is 0 Å². The highest BCUT2D eigenvalue weighted by atomic mass is 16.5. The molecule has 0 radical (unpaired) electrons. The van der Waals surface area contributed by atoms with E-state index in [0.717, 1.165) is 43.9 Å². The SMILES string of the molecule is CC1Cc2cc(OC3CCNCC3)ccc2O1. The second-order valence-electron chi connectivity index (χ2n) is 4.97. The molecular formula is C14H19NO2. The van der Waals surface area contributed by atoms with Gasteiger partial charge >= 0.3 is 0 Å². The number of hydrogen-bond donors (Lipinski definition) is 1. The Hall–Kier alpha value is -1.22. The number of benzene rings is 1. The lowest BCUT2D eigenvalue weighted by molar-refractivity contribution is 0.162. The van der Waals surface area contributed by atoms with Crippen LogP contribution in [0, 0.1) is 0 Å². The fraction of sp³-hybridized carbons (Fsp3) is 0.571. The molecule has 3 nitrogen and oxygen atoms in total. The molecule has 0 aliphatic carbocycles. The van der Waals surface area contributed by atoms with E-state index in [4.69, 9.17) is 9.47 Å². The number of hydrogen-bond acceptors (Lipinski definition) is 3. The summed E-state index contributed by atoms with van der Waals surface area (Å²) in [4.78, 5) is 0. The minimum atomic E-state index is 0.305. The Morgan fingerprint density at radius 1 is 1.29 bits per heavy atom. The van der Waals surface area contributed by atoms with Crippen molar-refractivity contribution in [1.82, 2.24) is 5.32 Å². The third-order valence-electron chi connectivity index (χ3n) is 3.46. The van der Waals surface area contributed by atoms with Gasteiger partial charge in [-0.3, -0.25) is 0 Å². The predicted octanol–water partition coefficient (Wildman–Crippen LogP) is 2.14. The van der Waals surface area contributed by atoms with Crippen molar-refractivity contribution in [2.45, 2.75) is 38.4 Å². The highest BCUT2D eigenvalue weighted by Gasteiger charge is 2.20. The van der Waals surface area contributed by atoms with E-state index in [0.29, 0.717) is 12.2 Å². The maximum atomic E-state index is 6.02. The van der Waals surface area contributed by atoms with Crippen LogP contribution in [-0.4, -0.2) is 25.3 Å². The van der Waals surface area contributed by atoms with Gasteiger partial charge in [0, 0.05) is 12.0 Å². The Balaban J connectivity index is 1.69. The third-order valence-corrected chi connectivity index (χ3v) is 3.46. The summed E-state index contributed by atoms with van der Waals surface area (Å²) in [6.45, 7) is 4.23. The van der Waals surface area contributed by atoms with E-state index < -0.39 is 0 Å². The maximum absolute atomic E-state index is 6.02. The second-order valence-corrected chi connectivity index (χ2v) is 4.97. The Kier molecular flexibility index (Phi) is 2.93. The molecule has 0 saturated carbocycles. The number of nitrogens with one attached hydrogen (secondary N) is 1. The predicted molar refractivity (Wildman–Crippen MR) is 66.8 cm³/mol. The molecule has 2 aliphatic rings. The summed E-state index contributed by atoms with van der Waals surface area (Å²) in [7, 11) is 0. The summed E-state index contributed by atoms with van der Waals surface area (Å²) >= 11 is 0. The van der Waals surface area contributed by atoms with Crippen LogP contribution < -0.4 is 14.8 Å². The first-order chi connectivity index (χ1) is 8.31. The zero-order valence-corrected chi connectivity index (χ0v) is 10.2. The van der Waals surface area contributed by atoms with E-state index in [-0.39, 0.29) is 0 Å². The molecule has 0 aromatic heterocycles. The molecule has 0 bridgehead atoms. The molecular weight excluding hydrogens is 214 g/mol. The molecule has 1 unspecified atom stereocenters. The molecule has 3 rings (SSSR count). The average Bonchev–Trinajstić information content (AvgIpc) is 2.70. The Morgan fingerprint density at radius 3 is 2.94 bits per heavy atom. The molecule has 1 aromatic rings. The summed E-state index contributed by atoms with van der Waals surface area (Å²) in [5.41, 5.74) is 1.28. The van der Waals surface area contributed by atoms with E-state index in [1.165, 1.54) is 5.56 Å². The van der Waals surface area contributed by atoms with E-state index in [1.807, 2.05) is 12.1 Å². The standard InChI is InChI=1S/C14H19NO2/c1-10-8-11-9-13(2-3-14(11)16-10)17-12-4-6-15-7-5-12/h2-3,9-10,12,15H,4-8H2,1H3. The molecule has 0 spiro atoms. The molecule has 0 amide bonds. The van der Waals surface area contributed by atoms with Gasteiger partial charge in [0.15, 0.2) is 0 Å². The van der Waals surface area contributed by atoms with Gasteiger partial charge in [-0.2, -0.15) is 0 Å². The summed E-state index contributed by atoms with van der Waals surface area (Å²) in [5.74, 6) is 2.02. The first-order valence-corrected chi connectivity index (χ1v) is 6.48. The third kappa shape index (κ3) is 2.39. The van der Waals surface area contributed by atoms with Crippen LogP contribution in [0.5, 0.6) is 11.5 Å². The van der Waals surface area contributed by atoms with Gasteiger partial charge in [-0.05, 0) is 51.1 Å². The van der Waals surface area contributed by atoms with E-state index in [2.05, 4.69) is 18.3 Å². The zero-order chi connectivity index (χ0) is 11.7. The van der Waals surface area contributed by atoms with Crippen LogP contribution in [0.4, 0.5) is 0 Å². The lowest BCUT2D eigenvalue weighted by atomic mass is 10.1. The smallest absolute Gasteiger partial charge is 0.123 e. The highest BCUT2D eigenvalue weighted by molar-refractivity contribution is 5.43. The average molecular weight is 233 g/mol. The quantitative estimate of drug-likeness (QED) is 0.849. The molecule has 1 N–H and O–H groups in total. The lowest BCUT2D eigenvalue weighted by Crippen LogP contribution is -2.34. The van der Waals surface area contributed by atoms with Crippen molar-refractivity contribution in [3.63, 3.8) is 0 Å². The van der Waals surface area contributed by atoms with E-state index in [9.17, 15) is 0 Å². The number of rotatable bonds is 2. The van der Waals surface area contributed by atoms with Gasteiger partial charge in [0.1, 0.15) is 23.7 Å². The molecule has 1 saturated heterocycles. The molecule has 17 heavy (non-hydrogen) atoms. The molecule has 1 aromatic carbocycles. The first-order valence-electron chi connectivity index (χ1n) is 6.48. The van der Waals surface area contributed by atoms with Gasteiger partial charge in [-0.15, -0.1) is 0 Å².